The Labute approximate surface area is 163 Å². The summed E-state index contributed by atoms with van der Waals surface area (Å²) in [6, 6.07) is 13.7. The minimum atomic E-state index is -3.77. The Bertz CT molecular complexity index is 886. The van der Waals surface area contributed by atoms with Gasteiger partial charge in [-0.25, -0.2) is 17.5 Å². The second-order valence-corrected chi connectivity index (χ2v) is 7.65. The number of sulfonamides is 1. The zero-order valence-electron chi connectivity index (χ0n) is 15.1. The second-order valence-electron chi connectivity index (χ2n) is 5.88. The Kier molecular flexibility index (Phi) is 8.09. The van der Waals surface area contributed by atoms with Crippen LogP contribution in [0.5, 0.6) is 0 Å². The second kappa shape index (κ2) is 10.5. The number of hydrogen-bond donors (Lipinski definition) is 2. The Morgan fingerprint density at radius 3 is 2.36 bits per heavy atom. The van der Waals surface area contributed by atoms with Gasteiger partial charge in [-0.3, -0.25) is 9.59 Å². The van der Waals surface area contributed by atoms with Gasteiger partial charge in [0.25, 0.3) is 5.91 Å². The number of halogens is 1. The van der Waals surface area contributed by atoms with Gasteiger partial charge in [0.2, 0.25) is 10.0 Å². The molecule has 0 heterocycles. The molecule has 0 aliphatic carbocycles. The fourth-order valence-electron chi connectivity index (χ4n) is 2.20. The molecular formula is C19H21FN2O5S. The maximum Gasteiger partial charge on any atom is 0.306 e. The molecule has 0 bridgehead atoms. The lowest BCUT2D eigenvalue weighted by Crippen LogP contribution is -2.28. The molecule has 0 atom stereocenters. The molecule has 150 valence electrons. The number of nitrogens with one attached hydrogen (secondary N) is 2. The van der Waals surface area contributed by atoms with Gasteiger partial charge >= 0.3 is 5.97 Å². The molecule has 0 aliphatic rings. The number of ether oxygens (including phenoxy) is 1. The van der Waals surface area contributed by atoms with Crippen molar-refractivity contribution < 1.29 is 27.1 Å². The molecule has 1 amide bonds. The van der Waals surface area contributed by atoms with Crippen LogP contribution in [0.2, 0.25) is 0 Å². The molecule has 2 N–H and O–H groups in total. The van der Waals surface area contributed by atoms with Crippen LogP contribution in [0, 0.1) is 5.82 Å². The molecule has 2 aromatic rings. The first-order chi connectivity index (χ1) is 13.4. The van der Waals surface area contributed by atoms with E-state index in [2.05, 4.69) is 10.0 Å². The fourth-order valence-corrected chi connectivity index (χ4v) is 3.28. The summed E-state index contributed by atoms with van der Waals surface area (Å²) in [6.45, 7) is -0.0512. The summed E-state index contributed by atoms with van der Waals surface area (Å²) >= 11 is 0. The highest BCUT2D eigenvalue weighted by Crippen LogP contribution is 2.09. The lowest BCUT2D eigenvalue weighted by molar-refractivity contribution is -0.148. The van der Waals surface area contributed by atoms with Crippen LogP contribution < -0.4 is 10.0 Å². The van der Waals surface area contributed by atoms with E-state index in [1.165, 1.54) is 0 Å². The molecule has 0 spiro atoms. The highest BCUT2D eigenvalue weighted by molar-refractivity contribution is 7.89. The first-order valence-corrected chi connectivity index (χ1v) is 10.1. The molecule has 0 saturated heterocycles. The quantitative estimate of drug-likeness (QED) is 0.461. The SMILES string of the molecule is O=C(COC(=O)CCCNS(=O)(=O)c1ccc(F)cc1)NCc1ccccc1. The van der Waals surface area contributed by atoms with E-state index in [9.17, 15) is 22.4 Å². The lowest BCUT2D eigenvalue weighted by Gasteiger charge is -2.08. The van der Waals surface area contributed by atoms with Gasteiger partial charge in [-0.05, 0) is 36.2 Å². The van der Waals surface area contributed by atoms with Gasteiger partial charge in [0, 0.05) is 19.5 Å². The Morgan fingerprint density at radius 2 is 1.68 bits per heavy atom. The Balaban J connectivity index is 1.62. The number of carbonyl (C=O) groups is 2. The number of hydrogen-bond acceptors (Lipinski definition) is 5. The molecular weight excluding hydrogens is 387 g/mol. The summed E-state index contributed by atoms with van der Waals surface area (Å²) in [5.41, 5.74) is 0.926. The molecule has 0 saturated carbocycles. The van der Waals surface area contributed by atoms with Crippen LogP contribution in [0.4, 0.5) is 4.39 Å². The van der Waals surface area contributed by atoms with Crippen LogP contribution in [-0.4, -0.2) is 33.4 Å². The summed E-state index contributed by atoms with van der Waals surface area (Å²) in [6.07, 6.45) is 0.156. The van der Waals surface area contributed by atoms with Crippen LogP contribution >= 0.6 is 0 Å². The first-order valence-electron chi connectivity index (χ1n) is 8.58. The van der Waals surface area contributed by atoms with Crippen LogP contribution in [0.25, 0.3) is 0 Å². The van der Waals surface area contributed by atoms with Crippen molar-refractivity contribution in [1.82, 2.24) is 10.0 Å². The third kappa shape index (κ3) is 7.45. The summed E-state index contributed by atoms with van der Waals surface area (Å²) < 4.78 is 44.0. The van der Waals surface area contributed by atoms with Crippen molar-refractivity contribution in [1.29, 1.82) is 0 Å². The first kappa shape index (κ1) is 21.5. The van der Waals surface area contributed by atoms with Crippen LogP contribution in [0.1, 0.15) is 18.4 Å². The monoisotopic (exact) mass is 408 g/mol. The van der Waals surface area contributed by atoms with Crippen LogP contribution in [0.15, 0.2) is 59.5 Å². The van der Waals surface area contributed by atoms with E-state index in [1.807, 2.05) is 30.3 Å². The predicted octanol–water partition coefficient (Wildman–Crippen LogP) is 1.74. The topological polar surface area (TPSA) is 102 Å². The maximum atomic E-state index is 12.8. The molecule has 9 heteroatoms. The summed E-state index contributed by atoms with van der Waals surface area (Å²) in [5, 5.41) is 2.63. The largest absolute Gasteiger partial charge is 0.456 e. The number of esters is 1. The predicted molar refractivity (Wildman–Crippen MR) is 100 cm³/mol. The van der Waals surface area contributed by atoms with Crippen LogP contribution in [-0.2, 0) is 30.9 Å². The highest BCUT2D eigenvalue weighted by atomic mass is 32.2. The van der Waals surface area contributed by atoms with Crippen molar-refractivity contribution in [2.24, 2.45) is 0 Å². The molecule has 7 nitrogen and oxygen atoms in total. The van der Waals surface area contributed by atoms with Crippen molar-refractivity contribution in [3.63, 3.8) is 0 Å². The van der Waals surface area contributed by atoms with E-state index in [-0.39, 0.29) is 24.3 Å². The zero-order valence-corrected chi connectivity index (χ0v) is 15.9. The van der Waals surface area contributed by atoms with E-state index in [1.54, 1.807) is 0 Å². The minimum absolute atomic E-state index is 0.00894. The molecule has 0 aromatic heterocycles. The van der Waals surface area contributed by atoms with Gasteiger partial charge in [-0.15, -0.1) is 0 Å². The number of amides is 1. The van der Waals surface area contributed by atoms with E-state index in [0.717, 1.165) is 29.8 Å². The van der Waals surface area contributed by atoms with E-state index < -0.39 is 34.3 Å². The van der Waals surface area contributed by atoms with Crippen molar-refractivity contribution in [3.8, 4) is 0 Å². The zero-order chi connectivity index (χ0) is 20.4. The number of carbonyl (C=O) groups excluding carboxylic acids is 2. The standard InChI is InChI=1S/C19H21FN2O5S/c20-16-8-10-17(11-9-16)28(25,26)22-12-4-7-19(24)27-14-18(23)21-13-15-5-2-1-3-6-15/h1-3,5-6,8-11,22H,4,7,12-14H2,(H,21,23). The number of rotatable bonds is 10. The lowest BCUT2D eigenvalue weighted by atomic mass is 10.2. The van der Waals surface area contributed by atoms with Gasteiger partial charge in [0.05, 0.1) is 4.90 Å². The summed E-state index contributed by atoms with van der Waals surface area (Å²) in [7, 11) is -3.77. The van der Waals surface area contributed by atoms with Crippen LogP contribution in [0.3, 0.4) is 0 Å². The smallest absolute Gasteiger partial charge is 0.306 e. The van der Waals surface area contributed by atoms with Crippen molar-refractivity contribution in [2.75, 3.05) is 13.2 Å². The molecule has 0 unspecified atom stereocenters. The van der Waals surface area contributed by atoms with Crippen molar-refractivity contribution >= 4 is 21.9 Å². The third-order valence-electron chi connectivity index (χ3n) is 3.67. The van der Waals surface area contributed by atoms with E-state index in [0.29, 0.717) is 6.54 Å². The molecule has 2 rings (SSSR count). The average molecular weight is 408 g/mol. The molecule has 28 heavy (non-hydrogen) atoms. The molecule has 0 aliphatic heterocycles. The van der Waals surface area contributed by atoms with Gasteiger partial charge < -0.3 is 10.1 Å². The maximum absolute atomic E-state index is 12.8. The fraction of sp³-hybridized carbons (Fsp3) is 0.263. The minimum Gasteiger partial charge on any atom is -0.456 e. The third-order valence-corrected chi connectivity index (χ3v) is 5.15. The Morgan fingerprint density at radius 1 is 1.00 bits per heavy atom. The summed E-state index contributed by atoms with van der Waals surface area (Å²) in [4.78, 5) is 23.2. The summed E-state index contributed by atoms with van der Waals surface area (Å²) in [5.74, 6) is -1.56. The van der Waals surface area contributed by atoms with Gasteiger partial charge in [-0.2, -0.15) is 0 Å². The molecule has 0 radical (unpaired) electrons. The highest BCUT2D eigenvalue weighted by Gasteiger charge is 2.14. The van der Waals surface area contributed by atoms with Gasteiger partial charge in [0.15, 0.2) is 6.61 Å². The van der Waals surface area contributed by atoms with Crippen molar-refractivity contribution in [2.45, 2.75) is 24.3 Å². The van der Waals surface area contributed by atoms with Crippen molar-refractivity contribution in [3.05, 3.63) is 66.0 Å². The normalized spacial score (nSPS) is 11.0. The average Bonchev–Trinajstić information content (AvgIpc) is 2.69. The molecule has 2 aromatic carbocycles. The van der Waals surface area contributed by atoms with Gasteiger partial charge in [0.1, 0.15) is 5.82 Å². The van der Waals surface area contributed by atoms with E-state index in [4.69, 9.17) is 4.74 Å². The van der Waals surface area contributed by atoms with E-state index >= 15 is 0 Å². The van der Waals surface area contributed by atoms with Gasteiger partial charge in [-0.1, -0.05) is 30.3 Å². The Hall–Kier alpha value is -2.78. The number of benzene rings is 2. The molecule has 0 fully saturated rings.